The van der Waals surface area contributed by atoms with Crippen molar-refractivity contribution in [2.45, 2.75) is 25.9 Å². The van der Waals surface area contributed by atoms with Gasteiger partial charge in [0.05, 0.1) is 18.4 Å². The molecule has 0 saturated carbocycles. The minimum absolute atomic E-state index is 0.521. The van der Waals surface area contributed by atoms with Crippen molar-refractivity contribution in [3.05, 3.63) is 11.9 Å². The molecule has 0 radical (unpaired) electrons. The van der Waals surface area contributed by atoms with Gasteiger partial charge < -0.3 is 10.6 Å². The molecule has 1 aromatic rings. The summed E-state index contributed by atoms with van der Waals surface area (Å²) in [4.78, 5) is 2.46. The quantitative estimate of drug-likeness (QED) is 0.725. The van der Waals surface area contributed by atoms with Gasteiger partial charge in [0.15, 0.2) is 0 Å². The Morgan fingerprint density at radius 3 is 2.79 bits per heavy atom. The molecule has 1 aliphatic heterocycles. The fourth-order valence-electron chi connectivity index (χ4n) is 1.87. The maximum atomic E-state index is 5.56. The molecule has 1 aliphatic rings. The zero-order chi connectivity index (χ0) is 9.80. The zero-order valence-electron chi connectivity index (χ0n) is 8.39. The molecule has 0 amide bonds. The lowest BCUT2D eigenvalue weighted by atomic mass is 10.4. The summed E-state index contributed by atoms with van der Waals surface area (Å²) >= 11 is 0. The van der Waals surface area contributed by atoms with E-state index in [0.717, 1.165) is 18.8 Å². The Labute approximate surface area is 83.9 Å². The van der Waals surface area contributed by atoms with E-state index in [1.165, 1.54) is 25.9 Å². The topological polar surface area (TPSA) is 60.0 Å². The van der Waals surface area contributed by atoms with Crippen LogP contribution in [0, 0.1) is 0 Å². The van der Waals surface area contributed by atoms with Gasteiger partial charge in [0.1, 0.15) is 0 Å². The van der Waals surface area contributed by atoms with Crippen molar-refractivity contribution in [2.75, 3.05) is 19.6 Å². The third kappa shape index (κ3) is 2.10. The van der Waals surface area contributed by atoms with Crippen molar-refractivity contribution < 1.29 is 0 Å². The van der Waals surface area contributed by atoms with Gasteiger partial charge in [-0.05, 0) is 25.9 Å². The Morgan fingerprint density at radius 1 is 1.29 bits per heavy atom. The largest absolute Gasteiger partial charge is 0.325 e. The van der Waals surface area contributed by atoms with Crippen LogP contribution in [0.4, 0.5) is 0 Å². The molecular weight excluding hydrogens is 178 g/mol. The number of likely N-dealkylation sites (tertiary alicyclic amines) is 1. The van der Waals surface area contributed by atoms with E-state index in [-0.39, 0.29) is 0 Å². The highest BCUT2D eigenvalue weighted by atomic mass is 15.4. The molecule has 78 valence electrons. The summed E-state index contributed by atoms with van der Waals surface area (Å²) in [6, 6.07) is 0. The van der Waals surface area contributed by atoms with E-state index >= 15 is 0 Å². The van der Waals surface area contributed by atoms with E-state index in [0.29, 0.717) is 6.54 Å². The molecule has 0 aliphatic carbocycles. The van der Waals surface area contributed by atoms with Crippen LogP contribution in [-0.4, -0.2) is 39.5 Å². The molecule has 5 nitrogen and oxygen atoms in total. The molecule has 1 aromatic heterocycles. The van der Waals surface area contributed by atoms with Crippen LogP contribution in [-0.2, 0) is 13.1 Å². The molecule has 2 heterocycles. The molecule has 0 spiro atoms. The van der Waals surface area contributed by atoms with Crippen LogP contribution >= 0.6 is 0 Å². The first-order valence-electron chi connectivity index (χ1n) is 5.20. The average Bonchev–Trinajstić information content (AvgIpc) is 2.85. The fourth-order valence-corrected chi connectivity index (χ4v) is 1.87. The first-order valence-corrected chi connectivity index (χ1v) is 5.20. The van der Waals surface area contributed by atoms with E-state index in [1.54, 1.807) is 6.20 Å². The van der Waals surface area contributed by atoms with Gasteiger partial charge in [-0.15, -0.1) is 5.10 Å². The van der Waals surface area contributed by atoms with Crippen LogP contribution < -0.4 is 5.73 Å². The van der Waals surface area contributed by atoms with Gasteiger partial charge in [0.25, 0.3) is 0 Å². The van der Waals surface area contributed by atoms with Crippen molar-refractivity contribution in [2.24, 2.45) is 5.73 Å². The second kappa shape index (κ2) is 4.52. The molecule has 5 heteroatoms. The second-order valence-corrected chi connectivity index (χ2v) is 3.70. The minimum atomic E-state index is 0.521. The highest BCUT2D eigenvalue weighted by Crippen LogP contribution is 2.07. The Bertz CT molecular complexity index is 276. The summed E-state index contributed by atoms with van der Waals surface area (Å²) in [6.07, 6.45) is 4.41. The summed E-state index contributed by atoms with van der Waals surface area (Å²) < 4.78 is 1.90. The molecule has 2 N–H and O–H groups in total. The standard InChI is InChI=1S/C9H17N5/c10-7-9-8-11-12-14(9)6-5-13-3-1-2-4-13/h8H,1-7,10H2. The lowest BCUT2D eigenvalue weighted by Gasteiger charge is -2.14. The van der Waals surface area contributed by atoms with Crippen LogP contribution in [0.5, 0.6) is 0 Å². The Hall–Kier alpha value is -0.940. The van der Waals surface area contributed by atoms with E-state index in [1.807, 2.05) is 4.68 Å². The SMILES string of the molecule is NCc1cnnn1CCN1CCCC1. The van der Waals surface area contributed by atoms with Crippen LogP contribution in [0.2, 0.25) is 0 Å². The van der Waals surface area contributed by atoms with Gasteiger partial charge in [-0.1, -0.05) is 5.21 Å². The maximum Gasteiger partial charge on any atom is 0.0738 e. The summed E-state index contributed by atoms with van der Waals surface area (Å²) in [6.45, 7) is 4.95. The molecule has 0 atom stereocenters. The van der Waals surface area contributed by atoms with Gasteiger partial charge in [0.2, 0.25) is 0 Å². The molecule has 1 fully saturated rings. The molecule has 0 bridgehead atoms. The monoisotopic (exact) mass is 195 g/mol. The summed E-state index contributed by atoms with van der Waals surface area (Å²) in [5.74, 6) is 0. The molecule has 14 heavy (non-hydrogen) atoms. The van der Waals surface area contributed by atoms with E-state index in [2.05, 4.69) is 15.2 Å². The first kappa shape index (κ1) is 9.61. The Kier molecular flexibility index (Phi) is 3.10. The smallest absolute Gasteiger partial charge is 0.0738 e. The van der Waals surface area contributed by atoms with Crippen LogP contribution in [0.25, 0.3) is 0 Å². The van der Waals surface area contributed by atoms with Crippen molar-refractivity contribution >= 4 is 0 Å². The number of hydrogen-bond acceptors (Lipinski definition) is 4. The molecule has 1 saturated heterocycles. The van der Waals surface area contributed by atoms with Gasteiger partial charge >= 0.3 is 0 Å². The molecule has 0 unspecified atom stereocenters. The van der Waals surface area contributed by atoms with Crippen LogP contribution in [0.3, 0.4) is 0 Å². The summed E-state index contributed by atoms with van der Waals surface area (Å²) in [5, 5.41) is 7.86. The van der Waals surface area contributed by atoms with Crippen molar-refractivity contribution in [1.29, 1.82) is 0 Å². The predicted molar refractivity (Wildman–Crippen MR) is 53.6 cm³/mol. The number of nitrogens with two attached hydrogens (primary N) is 1. The molecule has 2 rings (SSSR count). The molecule has 0 aromatic carbocycles. The summed E-state index contributed by atoms with van der Waals surface area (Å²) in [7, 11) is 0. The second-order valence-electron chi connectivity index (χ2n) is 3.70. The van der Waals surface area contributed by atoms with Crippen LogP contribution in [0.15, 0.2) is 6.20 Å². The third-order valence-corrected chi connectivity index (χ3v) is 2.73. The number of hydrogen-bond donors (Lipinski definition) is 1. The van der Waals surface area contributed by atoms with Crippen molar-refractivity contribution in [3.63, 3.8) is 0 Å². The number of nitrogens with zero attached hydrogens (tertiary/aromatic N) is 4. The lowest BCUT2D eigenvalue weighted by molar-refractivity contribution is 0.312. The highest BCUT2D eigenvalue weighted by Gasteiger charge is 2.11. The zero-order valence-corrected chi connectivity index (χ0v) is 8.39. The normalized spacial score (nSPS) is 17.8. The highest BCUT2D eigenvalue weighted by molar-refractivity contribution is 4.92. The van der Waals surface area contributed by atoms with Crippen molar-refractivity contribution in [3.8, 4) is 0 Å². The van der Waals surface area contributed by atoms with E-state index in [9.17, 15) is 0 Å². The predicted octanol–water partition coefficient (Wildman–Crippen LogP) is -0.167. The lowest BCUT2D eigenvalue weighted by Crippen LogP contribution is -2.25. The van der Waals surface area contributed by atoms with E-state index in [4.69, 9.17) is 5.73 Å². The first-order chi connectivity index (χ1) is 6.90. The van der Waals surface area contributed by atoms with Crippen molar-refractivity contribution in [1.82, 2.24) is 19.9 Å². The molecular formula is C9H17N5. The van der Waals surface area contributed by atoms with E-state index < -0.39 is 0 Å². The number of rotatable bonds is 4. The van der Waals surface area contributed by atoms with Crippen LogP contribution in [0.1, 0.15) is 18.5 Å². The fraction of sp³-hybridized carbons (Fsp3) is 0.778. The summed E-state index contributed by atoms with van der Waals surface area (Å²) in [5.41, 5.74) is 6.58. The van der Waals surface area contributed by atoms with Gasteiger partial charge in [-0.25, -0.2) is 4.68 Å². The van der Waals surface area contributed by atoms with Gasteiger partial charge in [0, 0.05) is 13.1 Å². The van der Waals surface area contributed by atoms with Gasteiger partial charge in [-0.2, -0.15) is 0 Å². The number of aromatic nitrogens is 3. The third-order valence-electron chi connectivity index (χ3n) is 2.73. The Balaban J connectivity index is 1.84. The maximum absolute atomic E-state index is 5.56. The Morgan fingerprint density at radius 2 is 2.07 bits per heavy atom. The average molecular weight is 195 g/mol. The minimum Gasteiger partial charge on any atom is -0.325 e. The van der Waals surface area contributed by atoms with Gasteiger partial charge in [-0.3, -0.25) is 0 Å².